The largest absolute Gasteiger partial charge is 0.495 e. The highest BCUT2D eigenvalue weighted by molar-refractivity contribution is 9.10. The Labute approximate surface area is 189 Å². The summed E-state index contributed by atoms with van der Waals surface area (Å²) in [6.45, 7) is 1.30. The number of rotatable bonds is 5. The number of imidazole rings is 1. The summed E-state index contributed by atoms with van der Waals surface area (Å²) >= 11 is 3.51. The van der Waals surface area contributed by atoms with Gasteiger partial charge in [-0.1, -0.05) is 52.3 Å². The molecule has 1 amide bonds. The second kappa shape index (κ2) is 8.19. The molecule has 0 bridgehead atoms. The molecule has 31 heavy (non-hydrogen) atoms. The Morgan fingerprint density at radius 3 is 2.58 bits per heavy atom. The SMILES string of the molecule is COc1ccccc1N1CC(c2nc3ccccc3n2Cc2ccc(Br)cc2)CC1=O. The van der Waals surface area contributed by atoms with E-state index in [1.165, 1.54) is 5.56 Å². The fourth-order valence-corrected chi connectivity index (χ4v) is 4.57. The second-order valence-corrected chi connectivity index (χ2v) is 8.66. The summed E-state index contributed by atoms with van der Waals surface area (Å²) in [5.74, 6) is 1.77. The summed E-state index contributed by atoms with van der Waals surface area (Å²) in [5.41, 5.74) is 4.05. The molecule has 156 valence electrons. The van der Waals surface area contributed by atoms with Crippen molar-refractivity contribution in [2.45, 2.75) is 18.9 Å². The number of ether oxygens (including phenoxy) is 1. The topological polar surface area (TPSA) is 47.4 Å². The quantitative estimate of drug-likeness (QED) is 0.389. The van der Waals surface area contributed by atoms with Crippen molar-refractivity contribution >= 4 is 38.6 Å². The van der Waals surface area contributed by atoms with Gasteiger partial charge in [-0.3, -0.25) is 4.79 Å². The zero-order valence-corrected chi connectivity index (χ0v) is 18.7. The van der Waals surface area contributed by atoms with E-state index in [4.69, 9.17) is 9.72 Å². The number of methoxy groups -OCH3 is 1. The maximum Gasteiger partial charge on any atom is 0.227 e. The number of aromatic nitrogens is 2. The van der Waals surface area contributed by atoms with Crippen molar-refractivity contribution in [2.24, 2.45) is 0 Å². The minimum absolute atomic E-state index is 0.0141. The molecule has 0 spiro atoms. The summed E-state index contributed by atoms with van der Waals surface area (Å²) in [5, 5.41) is 0. The molecule has 0 radical (unpaired) electrons. The number of fused-ring (bicyclic) bond motifs is 1. The van der Waals surface area contributed by atoms with Crippen molar-refractivity contribution in [3.63, 3.8) is 0 Å². The van der Waals surface area contributed by atoms with Gasteiger partial charge in [0, 0.05) is 29.9 Å². The summed E-state index contributed by atoms with van der Waals surface area (Å²) in [6.07, 6.45) is 0.432. The molecule has 0 N–H and O–H groups in total. The van der Waals surface area contributed by atoms with Gasteiger partial charge < -0.3 is 14.2 Å². The number of para-hydroxylation sites is 4. The highest BCUT2D eigenvalue weighted by Gasteiger charge is 2.35. The predicted molar refractivity (Wildman–Crippen MR) is 126 cm³/mol. The smallest absolute Gasteiger partial charge is 0.227 e. The van der Waals surface area contributed by atoms with Crippen LogP contribution in [0.3, 0.4) is 0 Å². The zero-order valence-electron chi connectivity index (χ0n) is 17.2. The first-order valence-electron chi connectivity index (χ1n) is 10.3. The number of amides is 1. The maximum absolute atomic E-state index is 13.0. The average Bonchev–Trinajstić information content (AvgIpc) is 3.36. The van der Waals surface area contributed by atoms with E-state index in [1.54, 1.807) is 7.11 Å². The lowest BCUT2D eigenvalue weighted by atomic mass is 10.1. The van der Waals surface area contributed by atoms with E-state index in [0.29, 0.717) is 25.3 Å². The number of carbonyl (C=O) groups excluding carboxylic acids is 1. The third-order valence-electron chi connectivity index (χ3n) is 5.80. The fraction of sp³-hybridized carbons (Fsp3) is 0.200. The first kappa shape index (κ1) is 19.8. The van der Waals surface area contributed by atoms with Gasteiger partial charge in [-0.2, -0.15) is 0 Å². The van der Waals surface area contributed by atoms with Crippen LogP contribution in [0.2, 0.25) is 0 Å². The summed E-state index contributed by atoms with van der Waals surface area (Å²) in [4.78, 5) is 19.8. The number of halogens is 1. The number of hydrogen-bond donors (Lipinski definition) is 0. The van der Waals surface area contributed by atoms with Crippen LogP contribution in [0.25, 0.3) is 11.0 Å². The summed E-state index contributed by atoms with van der Waals surface area (Å²) < 4.78 is 8.80. The van der Waals surface area contributed by atoms with Crippen LogP contribution in [0, 0.1) is 0 Å². The first-order chi connectivity index (χ1) is 15.1. The van der Waals surface area contributed by atoms with Crippen molar-refractivity contribution in [3.8, 4) is 5.75 Å². The highest BCUT2D eigenvalue weighted by atomic mass is 79.9. The molecule has 3 aromatic carbocycles. The van der Waals surface area contributed by atoms with Gasteiger partial charge in [0.2, 0.25) is 5.91 Å². The Morgan fingerprint density at radius 2 is 1.77 bits per heavy atom. The minimum atomic E-state index is 0.0141. The van der Waals surface area contributed by atoms with Crippen LogP contribution in [0.5, 0.6) is 5.75 Å². The van der Waals surface area contributed by atoms with Gasteiger partial charge >= 0.3 is 0 Å². The van der Waals surface area contributed by atoms with E-state index >= 15 is 0 Å². The van der Waals surface area contributed by atoms with E-state index < -0.39 is 0 Å². The molecular formula is C25H22BrN3O2. The van der Waals surface area contributed by atoms with Gasteiger partial charge in [0.05, 0.1) is 23.8 Å². The molecule has 1 atom stereocenters. The zero-order chi connectivity index (χ0) is 21.4. The standard InChI is InChI=1S/C25H22BrN3O2/c1-31-23-9-5-4-8-22(23)28-16-18(14-24(28)30)25-27-20-6-2-3-7-21(20)29(25)15-17-10-12-19(26)13-11-17/h2-13,18H,14-16H2,1H3. The molecule has 1 aliphatic heterocycles. The highest BCUT2D eigenvalue weighted by Crippen LogP contribution is 2.37. The molecule has 4 aromatic rings. The number of anilines is 1. The number of benzene rings is 3. The molecule has 1 aromatic heterocycles. The molecule has 5 rings (SSSR count). The molecule has 6 heteroatoms. The van der Waals surface area contributed by atoms with Gasteiger partial charge in [-0.05, 0) is 42.0 Å². The van der Waals surface area contributed by atoms with Gasteiger partial charge in [-0.25, -0.2) is 4.98 Å². The van der Waals surface area contributed by atoms with Crippen molar-refractivity contribution in [1.82, 2.24) is 9.55 Å². The first-order valence-corrected chi connectivity index (χ1v) is 11.1. The Hall–Kier alpha value is -3.12. The van der Waals surface area contributed by atoms with Gasteiger partial charge in [-0.15, -0.1) is 0 Å². The third-order valence-corrected chi connectivity index (χ3v) is 6.33. The monoisotopic (exact) mass is 475 g/mol. The molecule has 1 aliphatic rings. The Morgan fingerprint density at radius 1 is 1.03 bits per heavy atom. The summed E-state index contributed by atoms with van der Waals surface area (Å²) in [6, 6.07) is 24.2. The van der Waals surface area contributed by atoms with Crippen LogP contribution in [0.4, 0.5) is 5.69 Å². The molecule has 1 saturated heterocycles. The molecule has 1 unspecified atom stereocenters. The van der Waals surface area contributed by atoms with Gasteiger partial charge in [0.15, 0.2) is 0 Å². The summed E-state index contributed by atoms with van der Waals surface area (Å²) in [7, 11) is 1.63. The second-order valence-electron chi connectivity index (χ2n) is 7.75. The molecular weight excluding hydrogens is 454 g/mol. The maximum atomic E-state index is 13.0. The van der Waals surface area contributed by atoms with E-state index in [2.05, 4.69) is 50.8 Å². The number of carbonyl (C=O) groups is 1. The molecule has 0 aliphatic carbocycles. The third kappa shape index (κ3) is 3.72. The van der Waals surface area contributed by atoms with Gasteiger partial charge in [0.1, 0.15) is 11.6 Å². The molecule has 0 saturated carbocycles. The van der Waals surface area contributed by atoms with Crippen LogP contribution in [0.1, 0.15) is 23.7 Å². The molecule has 1 fully saturated rings. The lowest BCUT2D eigenvalue weighted by molar-refractivity contribution is -0.117. The number of nitrogens with zero attached hydrogens (tertiary/aromatic N) is 3. The lowest BCUT2D eigenvalue weighted by Crippen LogP contribution is -2.25. The van der Waals surface area contributed by atoms with E-state index in [-0.39, 0.29) is 11.8 Å². The van der Waals surface area contributed by atoms with Crippen LogP contribution in [-0.4, -0.2) is 29.1 Å². The van der Waals surface area contributed by atoms with Crippen molar-refractivity contribution < 1.29 is 9.53 Å². The number of hydrogen-bond acceptors (Lipinski definition) is 3. The lowest BCUT2D eigenvalue weighted by Gasteiger charge is -2.20. The predicted octanol–water partition coefficient (Wildman–Crippen LogP) is 5.38. The fourth-order valence-electron chi connectivity index (χ4n) is 4.31. The Balaban J connectivity index is 1.53. The average molecular weight is 476 g/mol. The van der Waals surface area contributed by atoms with Crippen LogP contribution >= 0.6 is 15.9 Å². The van der Waals surface area contributed by atoms with Crippen molar-refractivity contribution in [2.75, 3.05) is 18.6 Å². The van der Waals surface area contributed by atoms with Crippen LogP contribution < -0.4 is 9.64 Å². The van der Waals surface area contributed by atoms with Crippen LogP contribution in [0.15, 0.2) is 77.3 Å². The van der Waals surface area contributed by atoms with E-state index in [0.717, 1.165) is 27.0 Å². The minimum Gasteiger partial charge on any atom is -0.495 e. The van der Waals surface area contributed by atoms with Crippen molar-refractivity contribution in [1.29, 1.82) is 0 Å². The molecule has 5 nitrogen and oxygen atoms in total. The van der Waals surface area contributed by atoms with Crippen LogP contribution in [-0.2, 0) is 11.3 Å². The Kier molecular flexibility index (Phi) is 5.24. The van der Waals surface area contributed by atoms with Crippen molar-refractivity contribution in [3.05, 3.63) is 88.7 Å². The van der Waals surface area contributed by atoms with E-state index in [1.807, 2.05) is 47.4 Å². The normalized spacial score (nSPS) is 16.3. The Bertz CT molecular complexity index is 1250. The van der Waals surface area contributed by atoms with E-state index in [9.17, 15) is 4.79 Å². The van der Waals surface area contributed by atoms with Gasteiger partial charge in [0.25, 0.3) is 0 Å². The molecule has 2 heterocycles.